The first-order valence-corrected chi connectivity index (χ1v) is 7.34. The van der Waals surface area contributed by atoms with E-state index in [0.717, 1.165) is 31.6 Å². The molecule has 0 atom stereocenters. The fourth-order valence-corrected chi connectivity index (χ4v) is 3.26. The van der Waals surface area contributed by atoms with Gasteiger partial charge in [0.05, 0.1) is 11.5 Å². The topological polar surface area (TPSA) is 23.8 Å². The minimum Gasteiger partial charge on any atom is -0.207 e. The molecule has 1 aromatic carbocycles. The zero-order valence-electron chi connectivity index (χ0n) is 11.7. The van der Waals surface area contributed by atoms with Crippen molar-refractivity contribution in [2.45, 2.75) is 51.9 Å². The first kappa shape index (κ1) is 14.1. The molecular formula is C17H22FN. The summed E-state index contributed by atoms with van der Waals surface area (Å²) < 4.78 is 13.7. The van der Waals surface area contributed by atoms with Crippen molar-refractivity contribution < 1.29 is 4.39 Å². The highest BCUT2D eigenvalue weighted by Crippen LogP contribution is 2.42. The third-order valence-electron chi connectivity index (χ3n) is 4.48. The van der Waals surface area contributed by atoms with Crippen molar-refractivity contribution in [1.29, 1.82) is 5.26 Å². The van der Waals surface area contributed by atoms with Gasteiger partial charge >= 0.3 is 0 Å². The summed E-state index contributed by atoms with van der Waals surface area (Å²) in [4.78, 5) is 0. The molecule has 1 aliphatic rings. The summed E-state index contributed by atoms with van der Waals surface area (Å²) in [6.07, 6.45) is 7.13. The molecular weight excluding hydrogens is 237 g/mol. The van der Waals surface area contributed by atoms with Crippen LogP contribution in [-0.2, 0) is 6.42 Å². The van der Waals surface area contributed by atoms with Crippen LogP contribution >= 0.6 is 0 Å². The van der Waals surface area contributed by atoms with Crippen LogP contribution in [-0.4, -0.2) is 0 Å². The van der Waals surface area contributed by atoms with E-state index in [9.17, 15) is 9.65 Å². The molecule has 0 N–H and O–H groups in total. The Morgan fingerprint density at radius 3 is 2.58 bits per heavy atom. The SMILES string of the molecule is CCCC1CCC(C#N)(Cc2ccccc2F)CC1. The minimum atomic E-state index is -0.341. The van der Waals surface area contributed by atoms with Gasteiger partial charge in [-0.05, 0) is 49.7 Å². The molecule has 0 spiro atoms. The predicted octanol–water partition coefficient (Wildman–Crippen LogP) is 4.87. The molecule has 1 saturated carbocycles. The second kappa shape index (κ2) is 6.19. The van der Waals surface area contributed by atoms with E-state index in [0.29, 0.717) is 12.0 Å². The molecule has 0 unspecified atom stereocenters. The Morgan fingerprint density at radius 1 is 1.32 bits per heavy atom. The molecule has 2 heteroatoms. The van der Waals surface area contributed by atoms with Crippen molar-refractivity contribution in [2.24, 2.45) is 11.3 Å². The Balaban J connectivity index is 2.05. The molecule has 19 heavy (non-hydrogen) atoms. The van der Waals surface area contributed by atoms with Gasteiger partial charge in [-0.2, -0.15) is 5.26 Å². The summed E-state index contributed by atoms with van der Waals surface area (Å²) in [5, 5.41) is 9.54. The Kier molecular flexibility index (Phi) is 4.58. The maximum atomic E-state index is 13.7. The average molecular weight is 259 g/mol. The first-order valence-electron chi connectivity index (χ1n) is 7.34. The summed E-state index contributed by atoms with van der Waals surface area (Å²) in [5.74, 6) is 0.597. The quantitative estimate of drug-likeness (QED) is 0.756. The van der Waals surface area contributed by atoms with Crippen LogP contribution in [0.15, 0.2) is 24.3 Å². The number of benzene rings is 1. The fraction of sp³-hybridized carbons (Fsp3) is 0.588. The van der Waals surface area contributed by atoms with E-state index in [1.165, 1.54) is 18.9 Å². The van der Waals surface area contributed by atoms with Gasteiger partial charge in [0, 0.05) is 0 Å². The van der Waals surface area contributed by atoms with E-state index in [2.05, 4.69) is 13.0 Å². The molecule has 1 aromatic rings. The summed E-state index contributed by atoms with van der Waals surface area (Å²) in [6.45, 7) is 2.21. The molecule has 0 aromatic heterocycles. The summed E-state index contributed by atoms with van der Waals surface area (Å²) in [6, 6.07) is 9.35. The van der Waals surface area contributed by atoms with Crippen LogP contribution in [0.1, 0.15) is 51.0 Å². The van der Waals surface area contributed by atoms with Crippen LogP contribution in [0.25, 0.3) is 0 Å². The summed E-state index contributed by atoms with van der Waals surface area (Å²) >= 11 is 0. The van der Waals surface area contributed by atoms with Crippen LogP contribution in [0.3, 0.4) is 0 Å². The van der Waals surface area contributed by atoms with Crippen molar-refractivity contribution in [3.8, 4) is 6.07 Å². The van der Waals surface area contributed by atoms with Gasteiger partial charge in [0.1, 0.15) is 5.82 Å². The van der Waals surface area contributed by atoms with Gasteiger partial charge in [0.2, 0.25) is 0 Å². The molecule has 1 nitrogen and oxygen atoms in total. The zero-order valence-corrected chi connectivity index (χ0v) is 11.7. The number of nitriles is 1. The molecule has 2 rings (SSSR count). The molecule has 102 valence electrons. The highest BCUT2D eigenvalue weighted by Gasteiger charge is 2.35. The molecule has 0 saturated heterocycles. The minimum absolute atomic E-state index is 0.173. The Bertz CT molecular complexity index is 453. The van der Waals surface area contributed by atoms with Crippen molar-refractivity contribution in [3.63, 3.8) is 0 Å². The van der Waals surface area contributed by atoms with Gasteiger partial charge in [0.25, 0.3) is 0 Å². The van der Waals surface area contributed by atoms with Gasteiger partial charge in [-0.15, -0.1) is 0 Å². The number of hydrogen-bond acceptors (Lipinski definition) is 1. The third kappa shape index (κ3) is 3.35. The smallest absolute Gasteiger partial charge is 0.126 e. The summed E-state index contributed by atoms with van der Waals surface area (Å²) in [7, 11) is 0. The lowest BCUT2D eigenvalue weighted by Crippen LogP contribution is -2.28. The highest BCUT2D eigenvalue weighted by atomic mass is 19.1. The molecule has 0 bridgehead atoms. The lowest BCUT2D eigenvalue weighted by molar-refractivity contribution is 0.199. The van der Waals surface area contributed by atoms with Crippen LogP contribution < -0.4 is 0 Å². The number of hydrogen-bond donors (Lipinski definition) is 0. The van der Waals surface area contributed by atoms with Crippen LogP contribution in [0.4, 0.5) is 4.39 Å². The van der Waals surface area contributed by atoms with Crippen molar-refractivity contribution >= 4 is 0 Å². The normalized spacial score (nSPS) is 26.9. The fourth-order valence-electron chi connectivity index (χ4n) is 3.26. The highest BCUT2D eigenvalue weighted by molar-refractivity contribution is 5.21. The van der Waals surface area contributed by atoms with Gasteiger partial charge in [-0.3, -0.25) is 0 Å². The zero-order chi connectivity index (χ0) is 13.7. The maximum absolute atomic E-state index is 13.7. The molecule has 0 heterocycles. The van der Waals surface area contributed by atoms with Crippen LogP contribution in [0.5, 0.6) is 0 Å². The number of rotatable bonds is 4. The van der Waals surface area contributed by atoms with Gasteiger partial charge in [-0.1, -0.05) is 38.0 Å². The predicted molar refractivity (Wildman–Crippen MR) is 75.0 cm³/mol. The van der Waals surface area contributed by atoms with Crippen molar-refractivity contribution in [2.75, 3.05) is 0 Å². The van der Waals surface area contributed by atoms with Crippen LogP contribution in [0, 0.1) is 28.5 Å². The Labute approximate surface area is 115 Å². The van der Waals surface area contributed by atoms with E-state index in [1.807, 2.05) is 12.1 Å². The van der Waals surface area contributed by atoms with Crippen LogP contribution in [0.2, 0.25) is 0 Å². The molecule has 1 aliphatic carbocycles. The van der Waals surface area contributed by atoms with E-state index in [-0.39, 0.29) is 11.2 Å². The lowest BCUT2D eigenvalue weighted by Gasteiger charge is -2.35. The van der Waals surface area contributed by atoms with E-state index in [1.54, 1.807) is 6.07 Å². The average Bonchev–Trinajstić information content (AvgIpc) is 2.44. The standard InChI is InChI=1S/C17H22FN/c1-2-5-14-8-10-17(13-19,11-9-14)12-15-6-3-4-7-16(15)18/h3-4,6-7,14H,2,5,8-12H2,1H3. The number of nitrogens with zero attached hydrogens (tertiary/aromatic N) is 1. The van der Waals surface area contributed by atoms with Gasteiger partial charge in [0.15, 0.2) is 0 Å². The monoisotopic (exact) mass is 259 g/mol. The van der Waals surface area contributed by atoms with Crippen molar-refractivity contribution in [3.05, 3.63) is 35.6 Å². The van der Waals surface area contributed by atoms with E-state index >= 15 is 0 Å². The molecule has 0 aliphatic heterocycles. The van der Waals surface area contributed by atoms with E-state index < -0.39 is 0 Å². The Morgan fingerprint density at radius 2 is 2.00 bits per heavy atom. The van der Waals surface area contributed by atoms with Crippen molar-refractivity contribution in [1.82, 2.24) is 0 Å². The second-order valence-electron chi connectivity index (χ2n) is 5.89. The number of halogens is 1. The molecule has 0 amide bonds. The maximum Gasteiger partial charge on any atom is 0.126 e. The largest absolute Gasteiger partial charge is 0.207 e. The first-order chi connectivity index (χ1) is 9.19. The van der Waals surface area contributed by atoms with E-state index in [4.69, 9.17) is 0 Å². The second-order valence-corrected chi connectivity index (χ2v) is 5.89. The van der Waals surface area contributed by atoms with Gasteiger partial charge in [-0.25, -0.2) is 4.39 Å². The lowest BCUT2D eigenvalue weighted by atomic mass is 9.67. The Hall–Kier alpha value is -1.36. The summed E-state index contributed by atoms with van der Waals surface area (Å²) in [5.41, 5.74) is 0.352. The van der Waals surface area contributed by atoms with Gasteiger partial charge < -0.3 is 0 Å². The third-order valence-corrected chi connectivity index (χ3v) is 4.48. The molecule has 0 radical (unpaired) electrons. The molecule has 1 fully saturated rings.